The molecule has 28 heavy (non-hydrogen) atoms. The Hall–Kier alpha value is -2.64. The number of para-hydroxylation sites is 1. The number of likely N-dealkylation sites (N-methyl/N-ethyl adjacent to an activating group) is 1. The Kier molecular flexibility index (Phi) is 6.49. The van der Waals surface area contributed by atoms with Gasteiger partial charge in [-0.05, 0) is 24.1 Å². The van der Waals surface area contributed by atoms with Crippen molar-refractivity contribution in [3.8, 4) is 0 Å². The maximum Gasteiger partial charge on any atom is 0.262 e. The van der Waals surface area contributed by atoms with Gasteiger partial charge in [0.05, 0.1) is 10.9 Å². The molecule has 0 aliphatic rings. The highest BCUT2D eigenvalue weighted by atomic mass is 32.2. The third kappa shape index (κ3) is 4.26. The van der Waals surface area contributed by atoms with Crippen molar-refractivity contribution in [3.05, 3.63) is 70.5 Å². The lowest BCUT2D eigenvalue weighted by molar-refractivity contribution is -0.128. The molecule has 1 atom stereocenters. The van der Waals surface area contributed by atoms with Crippen LogP contribution in [-0.2, 0) is 11.3 Å². The van der Waals surface area contributed by atoms with E-state index in [1.54, 1.807) is 41.8 Å². The molecule has 0 radical (unpaired) electrons. The molecule has 1 heterocycles. The number of rotatable bonds is 7. The minimum atomic E-state index is -0.523. The minimum Gasteiger partial charge on any atom is -0.396 e. The number of benzene rings is 2. The van der Waals surface area contributed by atoms with E-state index in [9.17, 15) is 14.7 Å². The topological polar surface area (TPSA) is 75.4 Å². The summed E-state index contributed by atoms with van der Waals surface area (Å²) in [7, 11) is 3.43. The van der Waals surface area contributed by atoms with Crippen molar-refractivity contribution in [2.45, 2.75) is 23.4 Å². The molecule has 0 saturated heterocycles. The van der Waals surface area contributed by atoms with Gasteiger partial charge in [-0.2, -0.15) is 0 Å². The van der Waals surface area contributed by atoms with Crippen molar-refractivity contribution >= 4 is 28.6 Å². The molecule has 2 aromatic carbocycles. The first kappa shape index (κ1) is 20.1. The van der Waals surface area contributed by atoms with Crippen LogP contribution in [0.15, 0.2) is 64.5 Å². The molecule has 1 N–H and O–H groups in total. The number of aromatic nitrogens is 2. The summed E-state index contributed by atoms with van der Waals surface area (Å²) in [6, 6.07) is 16.6. The van der Waals surface area contributed by atoms with E-state index in [1.807, 2.05) is 36.4 Å². The molecule has 0 fully saturated rings. The van der Waals surface area contributed by atoms with Gasteiger partial charge in [0, 0.05) is 27.2 Å². The molecule has 0 aliphatic heterocycles. The molecular formula is C21H23N3O3S. The quantitative estimate of drug-likeness (QED) is 0.490. The van der Waals surface area contributed by atoms with Crippen LogP contribution < -0.4 is 5.56 Å². The van der Waals surface area contributed by atoms with E-state index in [1.165, 1.54) is 11.8 Å². The Morgan fingerprint density at radius 3 is 2.50 bits per heavy atom. The molecule has 7 heteroatoms. The van der Waals surface area contributed by atoms with Crippen molar-refractivity contribution in [3.63, 3.8) is 0 Å². The first-order valence-electron chi connectivity index (χ1n) is 9.06. The lowest BCUT2D eigenvalue weighted by Gasteiger charge is -2.22. The molecule has 0 aliphatic carbocycles. The number of hydrogen-bond donors (Lipinski definition) is 1. The Balaban J connectivity index is 2.11. The summed E-state index contributed by atoms with van der Waals surface area (Å²) in [6.07, 6.45) is 0.436. The fraction of sp³-hybridized carbons (Fsp3) is 0.286. The fourth-order valence-corrected chi connectivity index (χ4v) is 4.16. The van der Waals surface area contributed by atoms with Gasteiger partial charge in [-0.25, -0.2) is 4.98 Å². The van der Waals surface area contributed by atoms with Crippen LogP contribution >= 0.6 is 11.8 Å². The van der Waals surface area contributed by atoms with Gasteiger partial charge >= 0.3 is 0 Å². The standard InChI is InChI=1S/C21H23N3O3S/c1-23(2)20(27)18(15-9-4-3-5-10-15)28-21-22-17-12-7-6-11-16(17)19(26)24(21)13-8-14-25/h3-7,9-12,18,25H,8,13-14H2,1-2H3. The van der Waals surface area contributed by atoms with Gasteiger partial charge in [0.1, 0.15) is 5.25 Å². The molecule has 0 bridgehead atoms. The van der Waals surface area contributed by atoms with Gasteiger partial charge in [0.15, 0.2) is 5.16 Å². The summed E-state index contributed by atoms with van der Waals surface area (Å²) in [5, 5.41) is 9.72. The van der Waals surface area contributed by atoms with E-state index in [0.717, 1.165) is 5.56 Å². The smallest absolute Gasteiger partial charge is 0.262 e. The van der Waals surface area contributed by atoms with Crippen LogP contribution in [0.1, 0.15) is 17.2 Å². The Morgan fingerprint density at radius 2 is 1.82 bits per heavy atom. The third-order valence-corrected chi connectivity index (χ3v) is 5.59. The number of carbonyl (C=O) groups is 1. The van der Waals surface area contributed by atoms with Crippen LogP contribution in [0, 0.1) is 0 Å². The van der Waals surface area contributed by atoms with Crippen molar-refractivity contribution < 1.29 is 9.90 Å². The molecule has 1 aromatic heterocycles. The SMILES string of the molecule is CN(C)C(=O)C(Sc1nc2ccccc2c(=O)n1CCCO)c1ccccc1. The number of carbonyl (C=O) groups excluding carboxylic acids is 1. The zero-order valence-electron chi connectivity index (χ0n) is 15.9. The lowest BCUT2D eigenvalue weighted by Crippen LogP contribution is -2.28. The Morgan fingerprint density at radius 1 is 1.14 bits per heavy atom. The van der Waals surface area contributed by atoms with Gasteiger partial charge in [-0.3, -0.25) is 14.2 Å². The van der Waals surface area contributed by atoms with Crippen LogP contribution in [0.2, 0.25) is 0 Å². The molecule has 146 valence electrons. The summed E-state index contributed by atoms with van der Waals surface area (Å²) in [5.74, 6) is -0.0766. The maximum absolute atomic E-state index is 13.0. The fourth-order valence-electron chi connectivity index (χ4n) is 2.89. The number of aliphatic hydroxyl groups excluding tert-OH is 1. The molecular weight excluding hydrogens is 374 g/mol. The Labute approximate surface area is 167 Å². The molecule has 6 nitrogen and oxygen atoms in total. The highest BCUT2D eigenvalue weighted by Gasteiger charge is 2.26. The summed E-state index contributed by atoms with van der Waals surface area (Å²) in [6.45, 7) is 0.315. The van der Waals surface area contributed by atoms with Crippen LogP contribution in [0.4, 0.5) is 0 Å². The molecule has 0 spiro atoms. The van der Waals surface area contributed by atoms with Crippen LogP contribution in [0.5, 0.6) is 0 Å². The molecule has 3 aromatic rings. The van der Waals surface area contributed by atoms with Crippen LogP contribution in [-0.4, -0.2) is 46.2 Å². The van der Waals surface area contributed by atoms with Crippen molar-refractivity contribution in [2.75, 3.05) is 20.7 Å². The molecule has 3 rings (SSSR count). The molecule has 0 saturated carbocycles. The maximum atomic E-state index is 13.0. The van der Waals surface area contributed by atoms with E-state index in [4.69, 9.17) is 0 Å². The zero-order chi connectivity index (χ0) is 20.1. The van der Waals surface area contributed by atoms with Crippen molar-refractivity contribution in [1.82, 2.24) is 14.5 Å². The second-order valence-corrected chi connectivity index (χ2v) is 7.66. The average Bonchev–Trinajstić information content (AvgIpc) is 2.71. The van der Waals surface area contributed by atoms with E-state index in [0.29, 0.717) is 29.0 Å². The predicted molar refractivity (Wildman–Crippen MR) is 111 cm³/mol. The number of nitrogens with zero attached hydrogens (tertiary/aromatic N) is 3. The normalized spacial score (nSPS) is 12.1. The second kappa shape index (κ2) is 9.03. The predicted octanol–water partition coefficient (Wildman–Crippen LogP) is 2.70. The monoisotopic (exact) mass is 397 g/mol. The summed E-state index contributed by atoms with van der Waals surface area (Å²) < 4.78 is 1.56. The lowest BCUT2D eigenvalue weighted by atomic mass is 10.1. The van der Waals surface area contributed by atoms with Gasteiger partial charge in [0.25, 0.3) is 5.56 Å². The van der Waals surface area contributed by atoms with E-state index < -0.39 is 5.25 Å². The number of fused-ring (bicyclic) bond motifs is 1. The minimum absolute atomic E-state index is 0.0257. The summed E-state index contributed by atoms with van der Waals surface area (Å²) in [4.78, 5) is 32.1. The van der Waals surface area contributed by atoms with E-state index in [-0.39, 0.29) is 18.1 Å². The van der Waals surface area contributed by atoms with E-state index in [2.05, 4.69) is 4.98 Å². The Bertz CT molecular complexity index is 1020. The zero-order valence-corrected chi connectivity index (χ0v) is 16.7. The van der Waals surface area contributed by atoms with Gasteiger partial charge in [0.2, 0.25) is 5.91 Å². The van der Waals surface area contributed by atoms with Gasteiger partial charge < -0.3 is 10.0 Å². The first-order chi connectivity index (χ1) is 13.5. The van der Waals surface area contributed by atoms with Gasteiger partial charge in [-0.15, -0.1) is 0 Å². The second-order valence-electron chi connectivity index (χ2n) is 6.59. The summed E-state index contributed by atoms with van der Waals surface area (Å²) in [5.41, 5.74) is 1.28. The highest BCUT2D eigenvalue weighted by molar-refractivity contribution is 8.00. The largest absolute Gasteiger partial charge is 0.396 e. The third-order valence-electron chi connectivity index (χ3n) is 4.36. The highest BCUT2D eigenvalue weighted by Crippen LogP contribution is 2.35. The number of hydrogen-bond acceptors (Lipinski definition) is 5. The van der Waals surface area contributed by atoms with Gasteiger partial charge in [-0.1, -0.05) is 54.2 Å². The van der Waals surface area contributed by atoms with Crippen LogP contribution in [0.3, 0.4) is 0 Å². The number of aliphatic hydroxyl groups is 1. The first-order valence-corrected chi connectivity index (χ1v) is 9.94. The van der Waals surface area contributed by atoms with Crippen molar-refractivity contribution in [2.24, 2.45) is 0 Å². The molecule has 1 amide bonds. The average molecular weight is 398 g/mol. The number of thioether (sulfide) groups is 1. The van der Waals surface area contributed by atoms with E-state index >= 15 is 0 Å². The molecule has 1 unspecified atom stereocenters. The van der Waals surface area contributed by atoms with Crippen molar-refractivity contribution in [1.29, 1.82) is 0 Å². The van der Waals surface area contributed by atoms with Crippen LogP contribution in [0.25, 0.3) is 10.9 Å². The summed E-state index contributed by atoms with van der Waals surface area (Å²) >= 11 is 1.26. The number of amides is 1.